The van der Waals surface area contributed by atoms with E-state index in [0.29, 0.717) is 24.7 Å². The van der Waals surface area contributed by atoms with Gasteiger partial charge in [0.1, 0.15) is 17.5 Å². The molecule has 0 aliphatic carbocycles. The zero-order valence-electron chi connectivity index (χ0n) is 19.9. The Morgan fingerprint density at radius 1 is 1.24 bits per heavy atom. The van der Waals surface area contributed by atoms with Gasteiger partial charge in [-0.2, -0.15) is 5.10 Å². The molecule has 4 rings (SSSR count). The summed E-state index contributed by atoms with van der Waals surface area (Å²) in [4.78, 5) is 23.7. The predicted octanol–water partition coefficient (Wildman–Crippen LogP) is 4.44. The lowest BCUT2D eigenvalue weighted by Crippen LogP contribution is -2.44. The molecule has 3 aromatic rings. The molecule has 1 aliphatic rings. The maximum Gasteiger partial charge on any atom is 0.410 e. The van der Waals surface area contributed by atoms with E-state index in [1.807, 2.05) is 63.2 Å². The summed E-state index contributed by atoms with van der Waals surface area (Å²) in [7, 11) is 0. The van der Waals surface area contributed by atoms with Gasteiger partial charge in [0.2, 0.25) is 0 Å². The van der Waals surface area contributed by atoms with E-state index in [4.69, 9.17) is 14.5 Å². The lowest BCUT2D eigenvalue weighted by molar-refractivity contribution is 0.00958. The van der Waals surface area contributed by atoms with Gasteiger partial charge in [-0.05, 0) is 57.9 Å². The molecule has 0 bridgehead atoms. The molecule has 1 saturated heterocycles. The second kappa shape index (κ2) is 10.6. The van der Waals surface area contributed by atoms with Crippen molar-refractivity contribution in [3.05, 3.63) is 60.7 Å². The number of pyridine rings is 1. The van der Waals surface area contributed by atoms with Crippen molar-refractivity contribution in [1.82, 2.24) is 25.1 Å². The van der Waals surface area contributed by atoms with Crippen LogP contribution >= 0.6 is 0 Å². The molecule has 34 heavy (non-hydrogen) atoms. The molecule has 0 radical (unpaired) electrons. The average Bonchev–Trinajstić information content (AvgIpc) is 3.51. The normalized spacial score (nSPS) is 16.7. The van der Waals surface area contributed by atoms with Crippen molar-refractivity contribution >= 4 is 11.8 Å². The molecule has 3 heterocycles. The molecular formula is C25H32N6O3. The van der Waals surface area contributed by atoms with Gasteiger partial charge in [0.15, 0.2) is 5.82 Å². The van der Waals surface area contributed by atoms with Crippen LogP contribution < -0.4 is 5.32 Å². The third kappa shape index (κ3) is 6.54. The number of nitrogens with one attached hydrogen (secondary N) is 2. The van der Waals surface area contributed by atoms with Crippen molar-refractivity contribution in [3.63, 3.8) is 0 Å². The molecule has 1 unspecified atom stereocenters. The fraction of sp³-hybridized carbons (Fsp3) is 0.440. The minimum absolute atomic E-state index is 0.00741. The quantitative estimate of drug-likeness (QED) is 0.508. The van der Waals surface area contributed by atoms with Crippen molar-refractivity contribution < 1.29 is 14.3 Å². The Morgan fingerprint density at radius 2 is 2.00 bits per heavy atom. The smallest absolute Gasteiger partial charge is 0.410 e. The van der Waals surface area contributed by atoms with Crippen molar-refractivity contribution in [1.29, 1.82) is 0 Å². The van der Waals surface area contributed by atoms with Crippen molar-refractivity contribution in [2.45, 2.75) is 51.4 Å². The highest BCUT2D eigenvalue weighted by Gasteiger charge is 2.30. The van der Waals surface area contributed by atoms with Crippen LogP contribution in [-0.2, 0) is 9.47 Å². The van der Waals surface area contributed by atoms with Crippen LogP contribution in [0.2, 0.25) is 0 Å². The minimum Gasteiger partial charge on any atom is -0.444 e. The summed E-state index contributed by atoms with van der Waals surface area (Å²) in [6.45, 7) is 7.10. The van der Waals surface area contributed by atoms with Crippen molar-refractivity contribution in [2.24, 2.45) is 0 Å². The van der Waals surface area contributed by atoms with E-state index in [9.17, 15) is 4.79 Å². The number of ether oxygens (including phenoxy) is 2. The van der Waals surface area contributed by atoms with Gasteiger partial charge < -0.3 is 19.7 Å². The fourth-order valence-corrected chi connectivity index (χ4v) is 3.80. The number of benzene rings is 1. The summed E-state index contributed by atoms with van der Waals surface area (Å²) in [5.74, 6) is 1.19. The number of H-pyrrole nitrogens is 1. The number of para-hydroxylation sites is 1. The first-order valence-corrected chi connectivity index (χ1v) is 11.6. The molecule has 0 spiro atoms. The van der Waals surface area contributed by atoms with Gasteiger partial charge in [0.25, 0.3) is 0 Å². The van der Waals surface area contributed by atoms with Gasteiger partial charge >= 0.3 is 6.09 Å². The van der Waals surface area contributed by atoms with E-state index in [-0.39, 0.29) is 18.2 Å². The SMILES string of the molecule is CC(C)(C)OC(=O)N(CC(Nc1ccccc1)c1nc(-c2ccncc2)n[nH]1)C[C@@H]1CCCO1. The number of hydrogen-bond acceptors (Lipinski definition) is 7. The van der Waals surface area contributed by atoms with Gasteiger partial charge in [-0.25, -0.2) is 9.78 Å². The second-order valence-electron chi connectivity index (χ2n) is 9.36. The monoisotopic (exact) mass is 464 g/mol. The first-order chi connectivity index (χ1) is 16.4. The molecule has 2 N–H and O–H groups in total. The number of aromatic amines is 1. The summed E-state index contributed by atoms with van der Waals surface area (Å²) >= 11 is 0. The van der Waals surface area contributed by atoms with E-state index in [1.54, 1.807) is 17.3 Å². The lowest BCUT2D eigenvalue weighted by atomic mass is 10.2. The van der Waals surface area contributed by atoms with Crippen LogP contribution in [0.3, 0.4) is 0 Å². The van der Waals surface area contributed by atoms with Crippen molar-refractivity contribution in [2.75, 3.05) is 25.0 Å². The summed E-state index contributed by atoms with van der Waals surface area (Å²) < 4.78 is 11.5. The molecule has 9 nitrogen and oxygen atoms in total. The molecule has 1 aliphatic heterocycles. The molecule has 9 heteroatoms. The van der Waals surface area contributed by atoms with Crippen LogP contribution in [0.25, 0.3) is 11.4 Å². The summed E-state index contributed by atoms with van der Waals surface area (Å²) in [5, 5.41) is 11.0. The van der Waals surface area contributed by atoms with E-state index >= 15 is 0 Å². The van der Waals surface area contributed by atoms with Gasteiger partial charge in [-0.15, -0.1) is 0 Å². The molecule has 1 fully saturated rings. The highest BCUT2D eigenvalue weighted by atomic mass is 16.6. The maximum absolute atomic E-state index is 13.2. The summed E-state index contributed by atoms with van der Waals surface area (Å²) in [6.07, 6.45) is 4.94. The summed E-state index contributed by atoms with van der Waals surface area (Å²) in [6, 6.07) is 13.2. The van der Waals surface area contributed by atoms with E-state index in [1.165, 1.54) is 0 Å². The molecule has 2 aromatic heterocycles. The molecule has 2 atom stereocenters. The van der Waals surface area contributed by atoms with E-state index in [0.717, 1.165) is 30.7 Å². The number of hydrogen-bond donors (Lipinski definition) is 2. The minimum atomic E-state index is -0.602. The number of nitrogens with zero attached hydrogens (tertiary/aromatic N) is 4. The molecular weight excluding hydrogens is 432 g/mol. The third-order valence-corrected chi connectivity index (χ3v) is 5.39. The lowest BCUT2D eigenvalue weighted by Gasteiger charge is -2.31. The van der Waals surface area contributed by atoms with Crippen LogP contribution in [0.4, 0.5) is 10.5 Å². The van der Waals surface area contributed by atoms with Gasteiger partial charge in [-0.1, -0.05) is 18.2 Å². The van der Waals surface area contributed by atoms with E-state index < -0.39 is 5.60 Å². The number of carbonyl (C=O) groups is 1. The topological polar surface area (TPSA) is 105 Å². The third-order valence-electron chi connectivity index (χ3n) is 5.39. The largest absolute Gasteiger partial charge is 0.444 e. The summed E-state index contributed by atoms with van der Waals surface area (Å²) in [5.41, 5.74) is 1.17. The highest BCUT2D eigenvalue weighted by molar-refractivity contribution is 5.68. The number of aromatic nitrogens is 4. The van der Waals surface area contributed by atoms with Crippen LogP contribution in [-0.4, -0.2) is 62.6 Å². The number of carbonyl (C=O) groups excluding carboxylic acids is 1. The fourth-order valence-electron chi connectivity index (χ4n) is 3.80. The molecule has 180 valence electrons. The van der Waals surface area contributed by atoms with Crippen LogP contribution in [0, 0.1) is 0 Å². The number of amides is 1. The Kier molecular flexibility index (Phi) is 7.42. The standard InChI is InChI=1S/C25H32N6O3/c1-25(2,3)34-24(32)31(16-20-10-7-15-33-20)17-21(27-19-8-5-4-6-9-19)23-28-22(29-30-23)18-11-13-26-14-12-18/h4-6,8-9,11-14,20-21,27H,7,10,15-17H2,1-3H3,(H,28,29,30)/t20-,21?/m0/s1. The van der Waals surface area contributed by atoms with E-state index in [2.05, 4.69) is 20.5 Å². The first-order valence-electron chi connectivity index (χ1n) is 11.6. The Balaban J connectivity index is 1.60. The van der Waals surface area contributed by atoms with Crippen LogP contribution in [0.15, 0.2) is 54.9 Å². The Labute approximate surface area is 199 Å². The van der Waals surface area contributed by atoms with Gasteiger partial charge in [0.05, 0.1) is 19.2 Å². The maximum atomic E-state index is 13.2. The molecule has 0 saturated carbocycles. The highest BCUT2D eigenvalue weighted by Crippen LogP contribution is 2.23. The average molecular weight is 465 g/mol. The predicted molar refractivity (Wildman–Crippen MR) is 129 cm³/mol. The van der Waals surface area contributed by atoms with Gasteiger partial charge in [-0.3, -0.25) is 10.1 Å². The van der Waals surface area contributed by atoms with Gasteiger partial charge in [0, 0.05) is 30.3 Å². The molecule has 1 amide bonds. The zero-order chi connectivity index (χ0) is 24.0. The van der Waals surface area contributed by atoms with Crippen LogP contribution in [0.1, 0.15) is 45.5 Å². The Morgan fingerprint density at radius 3 is 2.68 bits per heavy atom. The van der Waals surface area contributed by atoms with Crippen molar-refractivity contribution in [3.8, 4) is 11.4 Å². The first kappa shape index (κ1) is 23.7. The number of anilines is 1. The Hall–Kier alpha value is -3.46. The molecule has 1 aromatic carbocycles. The van der Waals surface area contributed by atoms with Crippen LogP contribution in [0.5, 0.6) is 0 Å². The zero-order valence-corrected chi connectivity index (χ0v) is 19.9. The number of rotatable bonds is 8. The Bertz CT molecular complexity index is 1050. The second-order valence-corrected chi connectivity index (χ2v) is 9.36.